The maximum Gasteiger partial charge on any atom is 0.295 e. The first-order chi connectivity index (χ1) is 17.4. The first-order valence-electron chi connectivity index (χ1n) is 11.7. The number of halogens is 1. The summed E-state index contributed by atoms with van der Waals surface area (Å²) in [6.07, 6.45) is 0.572. The Morgan fingerprint density at radius 3 is 2.42 bits per heavy atom. The topological polar surface area (TPSA) is 76.1 Å². The number of likely N-dealkylation sites (tertiary alicyclic amines) is 1. The maximum absolute atomic E-state index is 13.2. The second-order valence-electron chi connectivity index (χ2n) is 8.64. The standard InChI is InChI=1S/C29H28BrNO5/c1-19-17-23(36-18-20-7-4-3-5-8-20)13-14-24(19)27(32)25-26(21-9-11-22(30)12-10-21)31(15-6-16-35-2)29(34)28(25)33/h3-5,7-14,17,26,32H,6,15-16,18H2,1-2H3/b27-25+/t26-/m0/s1. The Hall–Kier alpha value is -3.42. The van der Waals surface area contributed by atoms with Crippen LogP contribution in [0.25, 0.3) is 5.76 Å². The molecule has 1 aliphatic rings. The van der Waals surface area contributed by atoms with Crippen LogP contribution in [0.5, 0.6) is 5.75 Å². The molecule has 1 heterocycles. The van der Waals surface area contributed by atoms with E-state index in [2.05, 4.69) is 15.9 Å². The van der Waals surface area contributed by atoms with E-state index in [1.807, 2.05) is 67.6 Å². The average Bonchev–Trinajstić information content (AvgIpc) is 3.13. The highest BCUT2D eigenvalue weighted by molar-refractivity contribution is 9.10. The highest BCUT2D eigenvalue weighted by atomic mass is 79.9. The van der Waals surface area contributed by atoms with E-state index in [1.54, 1.807) is 19.2 Å². The number of rotatable bonds is 9. The number of aliphatic hydroxyl groups excluding tert-OH is 1. The number of ether oxygens (including phenoxy) is 2. The van der Waals surface area contributed by atoms with Crippen molar-refractivity contribution in [3.63, 3.8) is 0 Å². The fraction of sp³-hybridized carbons (Fsp3) is 0.241. The molecule has 0 radical (unpaired) electrons. The van der Waals surface area contributed by atoms with Gasteiger partial charge in [0.1, 0.15) is 18.1 Å². The van der Waals surface area contributed by atoms with Crippen molar-refractivity contribution in [1.82, 2.24) is 4.90 Å². The van der Waals surface area contributed by atoms with Gasteiger partial charge in [0, 0.05) is 30.3 Å². The number of aliphatic hydroxyl groups is 1. The number of Topliss-reactive ketones (excluding diaryl/α,β-unsaturated/α-hetero) is 1. The Balaban J connectivity index is 1.68. The van der Waals surface area contributed by atoms with Crippen LogP contribution in [-0.4, -0.2) is 42.0 Å². The number of methoxy groups -OCH3 is 1. The lowest BCUT2D eigenvalue weighted by molar-refractivity contribution is -0.140. The van der Waals surface area contributed by atoms with Crippen LogP contribution in [0.1, 0.15) is 34.7 Å². The van der Waals surface area contributed by atoms with Gasteiger partial charge in [-0.05, 0) is 60.4 Å². The van der Waals surface area contributed by atoms with Crippen molar-refractivity contribution in [3.05, 3.63) is 105 Å². The van der Waals surface area contributed by atoms with Crippen LogP contribution in [0.4, 0.5) is 0 Å². The Kier molecular flexibility index (Phi) is 8.23. The molecular weight excluding hydrogens is 522 g/mol. The van der Waals surface area contributed by atoms with E-state index >= 15 is 0 Å². The molecule has 0 unspecified atom stereocenters. The quantitative estimate of drug-likeness (QED) is 0.158. The third-order valence-corrected chi connectivity index (χ3v) is 6.70. The Morgan fingerprint density at radius 2 is 1.75 bits per heavy atom. The normalized spacial score (nSPS) is 17.0. The van der Waals surface area contributed by atoms with Gasteiger partial charge < -0.3 is 19.5 Å². The molecule has 186 valence electrons. The molecule has 7 heteroatoms. The second-order valence-corrected chi connectivity index (χ2v) is 9.56. The smallest absolute Gasteiger partial charge is 0.295 e. The number of carbonyl (C=O) groups excluding carboxylic acids is 2. The number of carbonyl (C=O) groups is 2. The molecule has 6 nitrogen and oxygen atoms in total. The molecular formula is C29H28BrNO5. The minimum atomic E-state index is -0.693. The molecule has 3 aromatic carbocycles. The maximum atomic E-state index is 13.2. The molecule has 0 saturated carbocycles. The Bertz CT molecular complexity index is 1270. The molecule has 0 bridgehead atoms. The van der Waals surface area contributed by atoms with Crippen LogP contribution in [0.3, 0.4) is 0 Å². The highest BCUT2D eigenvalue weighted by Gasteiger charge is 2.45. The average molecular weight is 550 g/mol. The number of benzene rings is 3. The van der Waals surface area contributed by atoms with E-state index in [4.69, 9.17) is 9.47 Å². The summed E-state index contributed by atoms with van der Waals surface area (Å²) in [6, 6.07) is 21.9. The largest absolute Gasteiger partial charge is 0.507 e. The lowest BCUT2D eigenvalue weighted by atomic mass is 9.94. The summed E-state index contributed by atoms with van der Waals surface area (Å²) in [7, 11) is 1.59. The van der Waals surface area contributed by atoms with E-state index in [1.165, 1.54) is 4.90 Å². The molecule has 1 atom stereocenters. The third-order valence-electron chi connectivity index (χ3n) is 6.17. The number of amides is 1. The lowest BCUT2D eigenvalue weighted by Crippen LogP contribution is -2.31. The Morgan fingerprint density at radius 1 is 1.03 bits per heavy atom. The van der Waals surface area contributed by atoms with Gasteiger partial charge in [-0.25, -0.2) is 0 Å². The van der Waals surface area contributed by atoms with Crippen molar-refractivity contribution in [1.29, 1.82) is 0 Å². The van der Waals surface area contributed by atoms with Gasteiger partial charge in [0.25, 0.3) is 11.7 Å². The predicted octanol–water partition coefficient (Wildman–Crippen LogP) is 5.79. The number of ketones is 1. The number of hydrogen-bond acceptors (Lipinski definition) is 5. The van der Waals surface area contributed by atoms with Gasteiger partial charge in [0.05, 0.1) is 11.6 Å². The fourth-order valence-corrected chi connectivity index (χ4v) is 4.62. The molecule has 1 amide bonds. The van der Waals surface area contributed by atoms with Gasteiger partial charge in [-0.1, -0.05) is 58.4 Å². The van der Waals surface area contributed by atoms with E-state index in [-0.39, 0.29) is 11.3 Å². The monoisotopic (exact) mass is 549 g/mol. The van der Waals surface area contributed by atoms with E-state index < -0.39 is 17.7 Å². The zero-order valence-electron chi connectivity index (χ0n) is 20.2. The van der Waals surface area contributed by atoms with E-state index in [0.717, 1.165) is 21.2 Å². The van der Waals surface area contributed by atoms with Crippen LogP contribution in [-0.2, 0) is 20.9 Å². The fourth-order valence-electron chi connectivity index (χ4n) is 4.36. The van der Waals surface area contributed by atoms with Crippen LogP contribution in [0.2, 0.25) is 0 Å². The van der Waals surface area contributed by atoms with Crippen LogP contribution in [0, 0.1) is 6.92 Å². The molecule has 0 aliphatic carbocycles. The zero-order valence-corrected chi connectivity index (χ0v) is 21.8. The van der Waals surface area contributed by atoms with Crippen molar-refractivity contribution in [2.75, 3.05) is 20.3 Å². The van der Waals surface area contributed by atoms with Crippen molar-refractivity contribution in [2.24, 2.45) is 0 Å². The summed E-state index contributed by atoms with van der Waals surface area (Å²) < 4.78 is 11.9. The predicted molar refractivity (Wildman–Crippen MR) is 142 cm³/mol. The van der Waals surface area contributed by atoms with Crippen molar-refractivity contribution in [3.8, 4) is 5.75 Å². The number of hydrogen-bond donors (Lipinski definition) is 1. The first kappa shape index (κ1) is 25.7. The van der Waals surface area contributed by atoms with Crippen molar-refractivity contribution in [2.45, 2.75) is 26.0 Å². The van der Waals surface area contributed by atoms with Crippen molar-refractivity contribution < 1.29 is 24.2 Å². The molecule has 1 N–H and O–H groups in total. The second kappa shape index (κ2) is 11.5. The summed E-state index contributed by atoms with van der Waals surface area (Å²) in [5.74, 6) is -0.859. The van der Waals surface area contributed by atoms with E-state index in [9.17, 15) is 14.7 Å². The number of nitrogens with zero attached hydrogens (tertiary/aromatic N) is 1. The summed E-state index contributed by atoms with van der Waals surface area (Å²) in [5, 5.41) is 11.4. The molecule has 1 saturated heterocycles. The van der Waals surface area contributed by atoms with Crippen LogP contribution in [0.15, 0.2) is 82.8 Å². The zero-order chi connectivity index (χ0) is 25.7. The van der Waals surface area contributed by atoms with Gasteiger partial charge in [-0.3, -0.25) is 9.59 Å². The summed E-state index contributed by atoms with van der Waals surface area (Å²) in [4.78, 5) is 27.7. The SMILES string of the molecule is COCCCN1C(=O)C(=O)/C(=C(/O)c2ccc(OCc3ccccc3)cc2C)[C@@H]1c1ccc(Br)cc1. The molecule has 4 rings (SSSR count). The van der Waals surface area contributed by atoms with Gasteiger partial charge in [0.2, 0.25) is 0 Å². The third kappa shape index (κ3) is 5.53. The van der Waals surface area contributed by atoms with Gasteiger partial charge >= 0.3 is 0 Å². The van der Waals surface area contributed by atoms with Crippen molar-refractivity contribution >= 4 is 33.4 Å². The molecule has 0 aromatic heterocycles. The Labute approximate surface area is 219 Å². The molecule has 1 fully saturated rings. The van der Waals surface area contributed by atoms with E-state index in [0.29, 0.717) is 37.5 Å². The minimum absolute atomic E-state index is 0.0841. The van der Waals surface area contributed by atoms with Crippen LogP contribution < -0.4 is 4.74 Å². The molecule has 36 heavy (non-hydrogen) atoms. The molecule has 3 aromatic rings. The van der Waals surface area contributed by atoms with Gasteiger partial charge in [-0.15, -0.1) is 0 Å². The highest BCUT2D eigenvalue weighted by Crippen LogP contribution is 2.40. The lowest BCUT2D eigenvalue weighted by Gasteiger charge is -2.25. The minimum Gasteiger partial charge on any atom is -0.507 e. The first-order valence-corrected chi connectivity index (χ1v) is 12.5. The van der Waals surface area contributed by atoms with Gasteiger partial charge in [0.15, 0.2) is 0 Å². The summed E-state index contributed by atoms with van der Waals surface area (Å²) >= 11 is 3.43. The van der Waals surface area contributed by atoms with Gasteiger partial charge in [-0.2, -0.15) is 0 Å². The van der Waals surface area contributed by atoms with Crippen LogP contribution >= 0.6 is 15.9 Å². The summed E-state index contributed by atoms with van der Waals surface area (Å²) in [5.41, 5.74) is 3.10. The number of aryl methyl sites for hydroxylation is 1. The molecule has 1 aliphatic heterocycles. The molecule has 0 spiro atoms. The summed E-state index contributed by atoms with van der Waals surface area (Å²) in [6.45, 7) is 3.05.